The standard InChI is InChI=1S/C13H24N2O4/c1-8(2)6-10(12(17)18)14-13(19)15-5-4-9(3)11(15)7-16/h8-11,16H,4-7H2,1-3H3,(H,14,19)(H,17,18). The monoisotopic (exact) mass is 272 g/mol. The summed E-state index contributed by atoms with van der Waals surface area (Å²) in [5, 5.41) is 21.0. The molecule has 3 atom stereocenters. The van der Waals surface area contributed by atoms with Gasteiger partial charge in [-0.05, 0) is 24.7 Å². The molecule has 0 aliphatic carbocycles. The number of aliphatic hydroxyl groups excluding tert-OH is 1. The molecule has 6 nitrogen and oxygen atoms in total. The van der Waals surface area contributed by atoms with E-state index in [2.05, 4.69) is 5.32 Å². The number of rotatable bonds is 5. The maximum absolute atomic E-state index is 12.1. The topological polar surface area (TPSA) is 89.9 Å². The lowest BCUT2D eigenvalue weighted by Gasteiger charge is -2.27. The molecule has 1 fully saturated rings. The van der Waals surface area contributed by atoms with Crippen LogP contribution < -0.4 is 5.32 Å². The predicted octanol–water partition coefficient (Wildman–Crippen LogP) is 0.898. The van der Waals surface area contributed by atoms with Gasteiger partial charge in [-0.15, -0.1) is 0 Å². The second kappa shape index (κ2) is 6.75. The number of nitrogens with zero attached hydrogens (tertiary/aromatic N) is 1. The first-order chi connectivity index (χ1) is 8.86. The highest BCUT2D eigenvalue weighted by molar-refractivity contribution is 5.82. The molecule has 0 radical (unpaired) electrons. The molecule has 3 N–H and O–H groups in total. The highest BCUT2D eigenvalue weighted by Crippen LogP contribution is 2.23. The number of carboxylic acid groups (broad SMARTS) is 1. The zero-order valence-electron chi connectivity index (χ0n) is 11.8. The molecule has 0 aromatic carbocycles. The Kier molecular flexibility index (Phi) is 5.60. The fourth-order valence-electron chi connectivity index (χ4n) is 2.46. The molecule has 1 aliphatic rings. The van der Waals surface area contributed by atoms with E-state index >= 15 is 0 Å². The van der Waals surface area contributed by atoms with Crippen molar-refractivity contribution in [1.29, 1.82) is 0 Å². The Morgan fingerprint density at radius 1 is 1.42 bits per heavy atom. The zero-order chi connectivity index (χ0) is 14.6. The van der Waals surface area contributed by atoms with Crippen LogP contribution in [0.1, 0.15) is 33.6 Å². The number of likely N-dealkylation sites (tertiary alicyclic amines) is 1. The lowest BCUT2D eigenvalue weighted by atomic mass is 10.0. The van der Waals surface area contributed by atoms with Gasteiger partial charge in [0.1, 0.15) is 6.04 Å². The molecule has 0 bridgehead atoms. The van der Waals surface area contributed by atoms with Crippen molar-refractivity contribution < 1.29 is 19.8 Å². The second-order valence-corrected chi connectivity index (χ2v) is 5.68. The van der Waals surface area contributed by atoms with E-state index in [-0.39, 0.29) is 24.5 Å². The van der Waals surface area contributed by atoms with Crippen molar-refractivity contribution in [3.8, 4) is 0 Å². The summed E-state index contributed by atoms with van der Waals surface area (Å²) in [5.41, 5.74) is 0. The van der Waals surface area contributed by atoms with E-state index in [4.69, 9.17) is 5.11 Å². The molecule has 6 heteroatoms. The van der Waals surface area contributed by atoms with Gasteiger partial charge in [0, 0.05) is 6.54 Å². The first-order valence-electron chi connectivity index (χ1n) is 6.77. The Morgan fingerprint density at radius 3 is 2.53 bits per heavy atom. The maximum atomic E-state index is 12.1. The SMILES string of the molecule is CC(C)CC(NC(=O)N1CCC(C)C1CO)C(=O)O. The fraction of sp³-hybridized carbons (Fsp3) is 0.846. The van der Waals surface area contributed by atoms with E-state index in [0.717, 1.165) is 6.42 Å². The van der Waals surface area contributed by atoms with Crippen molar-refractivity contribution in [3.63, 3.8) is 0 Å². The van der Waals surface area contributed by atoms with Crippen LogP contribution in [0, 0.1) is 11.8 Å². The van der Waals surface area contributed by atoms with Crippen molar-refractivity contribution >= 4 is 12.0 Å². The average Bonchev–Trinajstić information content (AvgIpc) is 2.68. The summed E-state index contributed by atoms with van der Waals surface area (Å²) in [7, 11) is 0. The van der Waals surface area contributed by atoms with Crippen LogP contribution in [0.3, 0.4) is 0 Å². The third-order valence-corrected chi connectivity index (χ3v) is 3.63. The minimum Gasteiger partial charge on any atom is -0.480 e. The zero-order valence-corrected chi connectivity index (χ0v) is 11.8. The third kappa shape index (κ3) is 4.09. The number of carboxylic acids is 1. The van der Waals surface area contributed by atoms with E-state index < -0.39 is 18.0 Å². The number of hydrogen-bond donors (Lipinski definition) is 3. The number of aliphatic hydroxyl groups is 1. The first kappa shape index (κ1) is 15.8. The van der Waals surface area contributed by atoms with Gasteiger partial charge in [0.25, 0.3) is 0 Å². The maximum Gasteiger partial charge on any atom is 0.326 e. The van der Waals surface area contributed by atoms with E-state index in [0.29, 0.717) is 13.0 Å². The predicted molar refractivity (Wildman–Crippen MR) is 70.8 cm³/mol. The molecule has 110 valence electrons. The molecule has 0 spiro atoms. The molecule has 1 heterocycles. The Morgan fingerprint density at radius 2 is 2.05 bits per heavy atom. The summed E-state index contributed by atoms with van der Waals surface area (Å²) in [4.78, 5) is 24.8. The Hall–Kier alpha value is -1.30. The van der Waals surface area contributed by atoms with Crippen molar-refractivity contribution in [2.45, 2.75) is 45.7 Å². The summed E-state index contributed by atoms with van der Waals surface area (Å²) in [6.45, 7) is 6.28. The van der Waals surface area contributed by atoms with Gasteiger partial charge in [-0.1, -0.05) is 20.8 Å². The lowest BCUT2D eigenvalue weighted by molar-refractivity contribution is -0.139. The minimum atomic E-state index is -1.02. The first-order valence-corrected chi connectivity index (χ1v) is 6.77. The van der Waals surface area contributed by atoms with Crippen LogP contribution in [0.5, 0.6) is 0 Å². The van der Waals surface area contributed by atoms with Crippen LogP contribution in [0.25, 0.3) is 0 Å². The quantitative estimate of drug-likeness (QED) is 0.693. The van der Waals surface area contributed by atoms with E-state index in [9.17, 15) is 14.7 Å². The van der Waals surface area contributed by atoms with E-state index in [1.54, 1.807) is 4.90 Å². The Labute approximate surface area is 113 Å². The number of carbonyl (C=O) groups is 2. The van der Waals surface area contributed by atoms with Crippen LogP contribution in [0.4, 0.5) is 4.79 Å². The van der Waals surface area contributed by atoms with Crippen molar-refractivity contribution in [2.24, 2.45) is 11.8 Å². The highest BCUT2D eigenvalue weighted by Gasteiger charge is 2.35. The summed E-state index contributed by atoms with van der Waals surface area (Å²) in [5.74, 6) is -0.591. The smallest absolute Gasteiger partial charge is 0.326 e. The van der Waals surface area contributed by atoms with E-state index in [1.807, 2.05) is 20.8 Å². The van der Waals surface area contributed by atoms with Gasteiger partial charge in [0.05, 0.1) is 12.6 Å². The van der Waals surface area contributed by atoms with Crippen LogP contribution in [-0.2, 0) is 4.79 Å². The summed E-state index contributed by atoms with van der Waals surface area (Å²) in [6.07, 6.45) is 1.23. The molecule has 1 rings (SSSR count). The summed E-state index contributed by atoms with van der Waals surface area (Å²) in [6, 6.07) is -1.48. The lowest BCUT2D eigenvalue weighted by Crippen LogP contribution is -2.51. The normalized spacial score (nSPS) is 24.6. The molecule has 0 aromatic heterocycles. The van der Waals surface area contributed by atoms with Gasteiger partial charge in [0.15, 0.2) is 0 Å². The summed E-state index contributed by atoms with van der Waals surface area (Å²) < 4.78 is 0. The summed E-state index contributed by atoms with van der Waals surface area (Å²) >= 11 is 0. The molecule has 1 aliphatic heterocycles. The minimum absolute atomic E-state index is 0.0868. The third-order valence-electron chi connectivity index (χ3n) is 3.63. The van der Waals surface area contributed by atoms with Gasteiger partial charge in [-0.25, -0.2) is 9.59 Å². The number of nitrogens with one attached hydrogen (secondary N) is 1. The molecular weight excluding hydrogens is 248 g/mol. The Bertz CT molecular complexity index is 333. The molecule has 19 heavy (non-hydrogen) atoms. The van der Waals surface area contributed by atoms with Crippen molar-refractivity contribution in [3.05, 3.63) is 0 Å². The molecule has 3 unspecified atom stereocenters. The van der Waals surface area contributed by atoms with Gasteiger partial charge < -0.3 is 20.4 Å². The van der Waals surface area contributed by atoms with Crippen LogP contribution in [0.2, 0.25) is 0 Å². The Balaban J connectivity index is 2.64. The molecule has 0 saturated carbocycles. The molecule has 0 aromatic rings. The second-order valence-electron chi connectivity index (χ2n) is 5.68. The highest BCUT2D eigenvalue weighted by atomic mass is 16.4. The number of urea groups is 1. The molecular formula is C13H24N2O4. The molecule has 2 amide bonds. The number of carbonyl (C=O) groups excluding carboxylic acids is 1. The average molecular weight is 272 g/mol. The van der Waals surface area contributed by atoms with Gasteiger partial charge in [-0.2, -0.15) is 0 Å². The van der Waals surface area contributed by atoms with Crippen LogP contribution >= 0.6 is 0 Å². The largest absolute Gasteiger partial charge is 0.480 e. The van der Waals surface area contributed by atoms with E-state index in [1.165, 1.54) is 0 Å². The van der Waals surface area contributed by atoms with Crippen LogP contribution in [-0.4, -0.2) is 52.3 Å². The van der Waals surface area contributed by atoms with Crippen molar-refractivity contribution in [1.82, 2.24) is 10.2 Å². The van der Waals surface area contributed by atoms with Gasteiger partial charge >= 0.3 is 12.0 Å². The van der Waals surface area contributed by atoms with Gasteiger partial charge in [-0.3, -0.25) is 0 Å². The van der Waals surface area contributed by atoms with Gasteiger partial charge in [0.2, 0.25) is 0 Å². The fourth-order valence-corrected chi connectivity index (χ4v) is 2.46. The number of aliphatic carboxylic acids is 1. The number of hydrogen-bond acceptors (Lipinski definition) is 3. The molecule has 1 saturated heterocycles. The van der Waals surface area contributed by atoms with Crippen LogP contribution in [0.15, 0.2) is 0 Å². The number of amides is 2. The van der Waals surface area contributed by atoms with Crippen molar-refractivity contribution in [2.75, 3.05) is 13.2 Å².